The smallest absolute Gasteiger partial charge is 0.242 e. The van der Waals surface area contributed by atoms with Gasteiger partial charge in [0, 0.05) is 37.8 Å². The summed E-state index contributed by atoms with van der Waals surface area (Å²) in [5.41, 5.74) is 5.36. The molecule has 1 N–H and O–H groups in total. The van der Waals surface area contributed by atoms with E-state index in [1.165, 1.54) is 0 Å². The molecule has 5 heterocycles. The van der Waals surface area contributed by atoms with Crippen LogP contribution < -0.4 is 4.90 Å². The Labute approximate surface area is 198 Å². The molecular weight excluding hydrogens is 458 g/mol. The van der Waals surface area contributed by atoms with Crippen LogP contribution in [0.3, 0.4) is 0 Å². The summed E-state index contributed by atoms with van der Waals surface area (Å²) in [6.45, 7) is 3.06. The number of hydrogen-bond donors (Lipinski definition) is 1. The van der Waals surface area contributed by atoms with Crippen LogP contribution in [-0.2, 0) is 11.3 Å². The van der Waals surface area contributed by atoms with E-state index < -0.39 is 0 Å². The maximum atomic E-state index is 13.0. The Kier molecular flexibility index (Phi) is 5.00. The minimum atomic E-state index is 0.0794. The number of anilines is 1. The molecule has 33 heavy (non-hydrogen) atoms. The second kappa shape index (κ2) is 8.17. The maximum absolute atomic E-state index is 13.0. The van der Waals surface area contributed by atoms with E-state index in [2.05, 4.69) is 19.9 Å². The maximum Gasteiger partial charge on any atom is 0.242 e. The van der Waals surface area contributed by atoms with E-state index in [0.717, 1.165) is 51.7 Å². The molecule has 1 amide bonds. The van der Waals surface area contributed by atoms with Crippen molar-refractivity contribution in [1.82, 2.24) is 29.4 Å². The Morgan fingerprint density at radius 1 is 1.06 bits per heavy atom. The lowest BCUT2D eigenvalue weighted by Gasteiger charge is -2.35. The number of aromatic amines is 1. The zero-order valence-corrected chi connectivity index (χ0v) is 19.2. The topological polar surface area (TPSA) is 82.9 Å². The van der Waals surface area contributed by atoms with Crippen molar-refractivity contribution in [2.24, 2.45) is 0 Å². The van der Waals surface area contributed by atoms with Gasteiger partial charge in [-0.1, -0.05) is 23.7 Å². The summed E-state index contributed by atoms with van der Waals surface area (Å²) < 4.78 is 1.86. The van der Waals surface area contributed by atoms with Gasteiger partial charge in [-0.25, -0.2) is 15.0 Å². The highest BCUT2D eigenvalue weighted by Crippen LogP contribution is 2.33. The first kappa shape index (κ1) is 20.2. The van der Waals surface area contributed by atoms with E-state index in [4.69, 9.17) is 16.6 Å². The molecule has 1 aromatic carbocycles. The summed E-state index contributed by atoms with van der Waals surface area (Å²) in [6, 6.07) is 13.6. The molecule has 6 rings (SSSR count). The zero-order chi connectivity index (χ0) is 22.4. The van der Waals surface area contributed by atoms with E-state index in [0.29, 0.717) is 18.2 Å². The van der Waals surface area contributed by atoms with E-state index in [9.17, 15) is 4.79 Å². The van der Waals surface area contributed by atoms with Crippen molar-refractivity contribution in [2.75, 3.05) is 31.1 Å². The molecule has 0 spiro atoms. The highest BCUT2D eigenvalue weighted by molar-refractivity contribution is 7.14. The third-order valence-corrected chi connectivity index (χ3v) is 7.06. The molecule has 4 aromatic heterocycles. The molecule has 0 unspecified atom stereocenters. The summed E-state index contributed by atoms with van der Waals surface area (Å²) in [4.78, 5) is 34.2. The van der Waals surface area contributed by atoms with Gasteiger partial charge >= 0.3 is 0 Å². The van der Waals surface area contributed by atoms with E-state index in [-0.39, 0.29) is 12.5 Å². The number of piperazine rings is 1. The first-order chi connectivity index (χ1) is 16.2. The van der Waals surface area contributed by atoms with Gasteiger partial charge in [0.2, 0.25) is 5.91 Å². The van der Waals surface area contributed by atoms with Gasteiger partial charge in [0.1, 0.15) is 28.0 Å². The fourth-order valence-corrected chi connectivity index (χ4v) is 5.25. The van der Waals surface area contributed by atoms with Gasteiger partial charge < -0.3 is 19.4 Å². The number of nitrogens with zero attached hydrogens (tertiary/aromatic N) is 6. The Hall–Kier alpha value is -3.43. The number of fused-ring (bicyclic) bond motifs is 2. The van der Waals surface area contributed by atoms with Crippen LogP contribution in [-0.4, -0.2) is 61.5 Å². The normalized spacial score (nSPS) is 14.5. The number of para-hydroxylation sites is 2. The van der Waals surface area contributed by atoms with Crippen molar-refractivity contribution in [1.29, 1.82) is 0 Å². The number of nitrogens with one attached hydrogen (secondary N) is 1. The summed E-state index contributed by atoms with van der Waals surface area (Å²) in [5, 5.41) is 2.48. The SMILES string of the molecule is O=C(Cn1ccc2ccc(Cl)nc21)N1CCN(c2scnc2-c2nc3ccccc3[nH]2)CC1. The van der Waals surface area contributed by atoms with Crippen molar-refractivity contribution in [3.8, 4) is 11.5 Å². The Bertz CT molecular complexity index is 1430. The van der Waals surface area contributed by atoms with Crippen molar-refractivity contribution in [3.05, 3.63) is 59.3 Å². The number of rotatable bonds is 4. The fourth-order valence-electron chi connectivity index (χ4n) is 4.26. The van der Waals surface area contributed by atoms with Gasteiger partial charge in [0.05, 0.1) is 16.5 Å². The van der Waals surface area contributed by atoms with Gasteiger partial charge in [-0.2, -0.15) is 0 Å². The van der Waals surface area contributed by atoms with Gasteiger partial charge in [-0.15, -0.1) is 11.3 Å². The van der Waals surface area contributed by atoms with Crippen LogP contribution in [0.5, 0.6) is 0 Å². The second-order valence-electron chi connectivity index (χ2n) is 7.97. The van der Waals surface area contributed by atoms with Crippen LogP contribution in [0.25, 0.3) is 33.6 Å². The molecule has 5 aromatic rings. The van der Waals surface area contributed by atoms with Crippen LogP contribution in [0.1, 0.15) is 0 Å². The van der Waals surface area contributed by atoms with Gasteiger partial charge in [-0.3, -0.25) is 4.79 Å². The lowest BCUT2D eigenvalue weighted by atomic mass is 10.3. The highest BCUT2D eigenvalue weighted by Gasteiger charge is 2.25. The average Bonchev–Trinajstić information content (AvgIpc) is 3.57. The van der Waals surface area contributed by atoms with Crippen LogP contribution in [0.4, 0.5) is 5.00 Å². The number of aromatic nitrogens is 5. The molecule has 8 nitrogen and oxygen atoms in total. The molecule has 0 radical (unpaired) electrons. The fraction of sp³-hybridized carbons (Fsp3) is 0.217. The minimum Gasteiger partial charge on any atom is -0.358 e. The lowest BCUT2D eigenvalue weighted by molar-refractivity contribution is -0.132. The molecule has 10 heteroatoms. The van der Waals surface area contributed by atoms with Gasteiger partial charge in [0.25, 0.3) is 0 Å². The van der Waals surface area contributed by atoms with Gasteiger partial charge in [0.15, 0.2) is 5.82 Å². The molecular formula is C23H20ClN7OS. The zero-order valence-electron chi connectivity index (χ0n) is 17.6. The third kappa shape index (κ3) is 3.73. The predicted molar refractivity (Wildman–Crippen MR) is 131 cm³/mol. The first-order valence-electron chi connectivity index (χ1n) is 10.7. The number of amides is 1. The monoisotopic (exact) mass is 477 g/mol. The van der Waals surface area contributed by atoms with Crippen LogP contribution >= 0.6 is 22.9 Å². The summed E-state index contributed by atoms with van der Waals surface area (Å²) in [7, 11) is 0. The molecule has 0 atom stereocenters. The number of thiazole rings is 1. The quantitative estimate of drug-likeness (QED) is 0.395. The molecule has 1 aliphatic rings. The van der Waals surface area contributed by atoms with Crippen LogP contribution in [0, 0.1) is 0 Å². The third-order valence-electron chi connectivity index (χ3n) is 5.97. The number of imidazole rings is 1. The molecule has 1 fully saturated rings. The molecule has 1 saturated heterocycles. The number of carbonyl (C=O) groups is 1. The van der Waals surface area contributed by atoms with Crippen LogP contribution in [0.2, 0.25) is 5.15 Å². The van der Waals surface area contributed by atoms with E-state index in [1.807, 2.05) is 57.6 Å². The summed E-state index contributed by atoms with van der Waals surface area (Å²) >= 11 is 7.65. The highest BCUT2D eigenvalue weighted by atomic mass is 35.5. The predicted octanol–water partition coefficient (Wildman–Crippen LogP) is 4.04. The summed E-state index contributed by atoms with van der Waals surface area (Å²) in [5.74, 6) is 0.854. The first-order valence-corrected chi connectivity index (χ1v) is 11.9. The Balaban J connectivity index is 1.15. The van der Waals surface area contributed by atoms with Crippen LogP contribution in [0.15, 0.2) is 54.2 Å². The molecule has 1 aliphatic heterocycles. The number of benzene rings is 1. The lowest BCUT2D eigenvalue weighted by Crippen LogP contribution is -2.49. The molecule has 166 valence electrons. The van der Waals surface area contributed by atoms with Crippen molar-refractivity contribution < 1.29 is 4.79 Å². The number of hydrogen-bond acceptors (Lipinski definition) is 6. The standard InChI is InChI=1S/C23H20ClN7OS/c24-18-6-5-15-7-8-31(22(15)28-18)13-19(32)29-9-11-30(12-10-29)23-20(25-14-33-23)21-26-16-3-1-2-4-17(16)27-21/h1-8,14H,9-13H2,(H,26,27). The van der Waals surface area contributed by atoms with Crippen molar-refractivity contribution in [2.45, 2.75) is 6.54 Å². The average molecular weight is 478 g/mol. The second-order valence-corrected chi connectivity index (χ2v) is 9.19. The number of carbonyl (C=O) groups excluding carboxylic acids is 1. The number of H-pyrrole nitrogens is 1. The number of pyridine rings is 1. The summed E-state index contributed by atoms with van der Waals surface area (Å²) in [6.07, 6.45) is 1.89. The Morgan fingerprint density at radius 3 is 2.76 bits per heavy atom. The van der Waals surface area contributed by atoms with Crippen molar-refractivity contribution >= 4 is 55.9 Å². The molecule has 0 aliphatic carbocycles. The van der Waals surface area contributed by atoms with Crippen molar-refractivity contribution in [3.63, 3.8) is 0 Å². The largest absolute Gasteiger partial charge is 0.358 e. The van der Waals surface area contributed by atoms with E-state index in [1.54, 1.807) is 17.4 Å². The molecule has 0 bridgehead atoms. The Morgan fingerprint density at radius 2 is 1.91 bits per heavy atom. The molecule has 0 saturated carbocycles. The minimum absolute atomic E-state index is 0.0794. The number of halogens is 1. The van der Waals surface area contributed by atoms with E-state index >= 15 is 0 Å². The van der Waals surface area contributed by atoms with Gasteiger partial charge in [-0.05, 0) is 30.3 Å².